The van der Waals surface area contributed by atoms with E-state index in [0.717, 1.165) is 5.69 Å². The number of hydrogen-bond donors (Lipinski definition) is 2. The van der Waals surface area contributed by atoms with Crippen molar-refractivity contribution >= 4 is 11.4 Å². The first-order valence-electron chi connectivity index (χ1n) is 7.82. The van der Waals surface area contributed by atoms with E-state index < -0.39 is 0 Å². The van der Waals surface area contributed by atoms with Crippen molar-refractivity contribution < 1.29 is 74.0 Å². The second-order valence-electron chi connectivity index (χ2n) is 5.81. The zero-order chi connectivity index (χ0) is 18.1. The molecule has 0 saturated heterocycles. The molecule has 166 valence electrons. The van der Waals surface area contributed by atoms with Crippen LogP contribution < -0.4 is 42.8 Å². The number of nitrogens with zero attached hydrogens (tertiary/aromatic N) is 3. The Labute approximate surface area is 207 Å². The molecule has 0 fully saturated rings. The molecule has 0 unspecified atom stereocenters. The maximum atomic E-state index is 12.8. The molecule has 0 saturated carbocycles. The van der Waals surface area contributed by atoms with Gasteiger partial charge in [-0.05, 0) is 38.1 Å². The average Bonchev–Trinajstić information content (AvgIpc) is 2.79. The van der Waals surface area contributed by atoms with Crippen molar-refractivity contribution in [2.24, 2.45) is 12.0 Å². The Hall–Kier alpha value is -1.76. The molecule has 2 N–H and O–H groups in total. The van der Waals surface area contributed by atoms with E-state index in [0.29, 0.717) is 22.7 Å². The molecule has 0 radical (unpaired) electrons. The van der Waals surface area contributed by atoms with Crippen molar-refractivity contribution in [1.29, 1.82) is 0 Å². The number of para-hydroxylation sites is 1. The summed E-state index contributed by atoms with van der Waals surface area (Å²) in [5.74, 6) is -0.116. The van der Waals surface area contributed by atoms with Crippen LogP contribution in [-0.2, 0) is 33.6 Å². The summed E-state index contributed by atoms with van der Waals surface area (Å²) in [5.41, 5.74) is 2.51. The molecule has 0 bridgehead atoms. The minimum absolute atomic E-state index is 0. The standard InChI is InChI=1S/C19H19N3O3.3ClH.Mo.O/c1-12(16-10-9-15(23)11-17(16)24)20-18-13(2)21(3)22(19(18)25)14-7-5-4-6-8-14;;;;;/h4-11,23-24H,1-3H3;3*1H;;/q;;;;;-2/p-3. The Morgan fingerprint density at radius 1 is 1.00 bits per heavy atom. The van der Waals surface area contributed by atoms with Gasteiger partial charge in [-0.15, -0.1) is 0 Å². The third-order valence-corrected chi connectivity index (χ3v) is 4.17. The minimum atomic E-state index is -0.233. The number of rotatable bonds is 3. The van der Waals surface area contributed by atoms with Gasteiger partial charge in [-0.3, -0.25) is 9.48 Å². The Morgan fingerprint density at radius 2 is 1.57 bits per heavy atom. The smallest absolute Gasteiger partial charge is 0.297 e. The molecule has 7 nitrogen and oxygen atoms in total. The molecule has 3 aromatic rings. The Kier molecular flexibility index (Phi) is 14.8. The van der Waals surface area contributed by atoms with Crippen molar-refractivity contribution in [3.05, 3.63) is 70.1 Å². The van der Waals surface area contributed by atoms with Gasteiger partial charge in [-0.25, -0.2) is 9.67 Å². The zero-order valence-corrected chi connectivity index (χ0v) is 20.5. The number of halogens is 3. The molecular weight excluding hydrogens is 537 g/mol. The predicted molar refractivity (Wildman–Crippen MR) is 98.1 cm³/mol. The summed E-state index contributed by atoms with van der Waals surface area (Å²) >= 11 is 0. The van der Waals surface area contributed by atoms with Gasteiger partial charge in [0.15, 0.2) is 5.69 Å². The van der Waals surface area contributed by atoms with Crippen molar-refractivity contribution in [3.63, 3.8) is 0 Å². The number of benzene rings is 2. The second kappa shape index (κ2) is 13.5. The molecule has 0 aliphatic carbocycles. The van der Waals surface area contributed by atoms with Crippen molar-refractivity contribution in [1.82, 2.24) is 9.36 Å². The molecule has 0 spiro atoms. The number of phenolic OH excluding ortho intramolecular Hbond substituents is 2. The van der Waals surface area contributed by atoms with E-state index in [-0.39, 0.29) is 80.8 Å². The van der Waals surface area contributed by atoms with Crippen molar-refractivity contribution in [2.75, 3.05) is 0 Å². The molecule has 0 aliphatic rings. The normalized spacial score (nSPS) is 9.77. The summed E-state index contributed by atoms with van der Waals surface area (Å²) in [7, 11) is 1.80. The summed E-state index contributed by atoms with van der Waals surface area (Å²) in [6.07, 6.45) is 0. The predicted octanol–water partition coefficient (Wildman–Crippen LogP) is -6.07. The molecule has 0 aliphatic heterocycles. The largest absolute Gasteiger partial charge is 2.00 e. The Bertz CT molecular complexity index is 1040. The number of aromatic nitrogens is 2. The van der Waals surface area contributed by atoms with E-state index in [2.05, 4.69) is 4.99 Å². The minimum Gasteiger partial charge on any atom is -2.00 e. The number of phenols is 2. The molecule has 1 heterocycles. The molecule has 11 heteroatoms. The maximum absolute atomic E-state index is 12.8. The van der Waals surface area contributed by atoms with E-state index in [4.69, 9.17) is 0 Å². The van der Waals surface area contributed by atoms with Crippen molar-refractivity contribution in [2.45, 2.75) is 13.8 Å². The maximum Gasteiger partial charge on any atom is 0.297 e. The van der Waals surface area contributed by atoms with Crippen LogP contribution in [0, 0.1) is 6.92 Å². The van der Waals surface area contributed by atoms with Crippen LogP contribution in [0.3, 0.4) is 0 Å². The molecule has 1 aromatic heterocycles. The molecular formula is C19H19Cl3MoN3O4-5. The van der Waals surface area contributed by atoms with Gasteiger partial charge < -0.3 is 52.9 Å². The fourth-order valence-electron chi connectivity index (χ4n) is 2.74. The first kappa shape index (κ1) is 32.9. The molecule has 2 aromatic carbocycles. The average molecular weight is 556 g/mol. The van der Waals surface area contributed by atoms with Crippen LogP contribution in [0.4, 0.5) is 5.69 Å². The monoisotopic (exact) mass is 556 g/mol. The summed E-state index contributed by atoms with van der Waals surface area (Å²) < 4.78 is 3.30. The van der Waals surface area contributed by atoms with E-state index in [1.165, 1.54) is 12.1 Å². The molecule has 0 amide bonds. The van der Waals surface area contributed by atoms with Gasteiger partial charge in [0.25, 0.3) is 5.56 Å². The number of aliphatic imine (C=N–C) groups is 1. The van der Waals surface area contributed by atoms with Gasteiger partial charge in [-0.2, -0.15) is 0 Å². The third-order valence-electron chi connectivity index (χ3n) is 4.17. The topological polar surface area (TPSA) is 108 Å². The fourth-order valence-corrected chi connectivity index (χ4v) is 2.74. The second-order valence-corrected chi connectivity index (χ2v) is 5.81. The van der Waals surface area contributed by atoms with Crippen LogP contribution in [0.15, 0.2) is 58.3 Å². The quantitative estimate of drug-likeness (QED) is 0.248. The van der Waals surface area contributed by atoms with Gasteiger partial charge in [-0.1, -0.05) is 18.2 Å². The van der Waals surface area contributed by atoms with Crippen LogP contribution in [-0.4, -0.2) is 25.3 Å². The van der Waals surface area contributed by atoms with Crippen LogP contribution in [0.2, 0.25) is 0 Å². The van der Waals surface area contributed by atoms with Gasteiger partial charge in [0.05, 0.1) is 11.4 Å². The van der Waals surface area contributed by atoms with E-state index >= 15 is 0 Å². The first-order chi connectivity index (χ1) is 11.9. The third kappa shape index (κ3) is 6.37. The summed E-state index contributed by atoms with van der Waals surface area (Å²) in [6, 6.07) is 13.6. The van der Waals surface area contributed by atoms with Gasteiger partial charge in [0, 0.05) is 45.5 Å². The molecule has 30 heavy (non-hydrogen) atoms. The van der Waals surface area contributed by atoms with Crippen LogP contribution in [0.1, 0.15) is 18.2 Å². The van der Waals surface area contributed by atoms with Gasteiger partial charge in [0.1, 0.15) is 11.5 Å². The van der Waals surface area contributed by atoms with E-state index in [1.807, 2.05) is 37.3 Å². The van der Waals surface area contributed by atoms with Crippen LogP contribution in [0.25, 0.3) is 5.69 Å². The Balaban J connectivity index is -0.00000146. The van der Waals surface area contributed by atoms with Crippen molar-refractivity contribution in [3.8, 4) is 17.2 Å². The van der Waals surface area contributed by atoms with E-state index in [1.54, 1.807) is 29.4 Å². The first-order valence-corrected chi connectivity index (χ1v) is 7.82. The summed E-state index contributed by atoms with van der Waals surface area (Å²) in [5, 5.41) is 19.4. The molecule has 3 rings (SSSR count). The zero-order valence-electron chi connectivity index (χ0n) is 16.2. The number of hydrogen-bond acceptors (Lipinski definition) is 4. The summed E-state index contributed by atoms with van der Waals surface area (Å²) in [6.45, 7) is 3.54. The fraction of sp³-hybridized carbons (Fsp3) is 0.158. The Morgan fingerprint density at radius 3 is 2.10 bits per heavy atom. The summed E-state index contributed by atoms with van der Waals surface area (Å²) in [4.78, 5) is 17.3. The SMILES string of the molecule is CC(=Nc1c(C)n(C)n(-c2ccccc2)c1=O)c1ccc(O)cc1O.[Cl-].[Cl-].[Cl-].[Mo].[O-2]. The number of aromatic hydroxyl groups is 2. The van der Waals surface area contributed by atoms with Crippen LogP contribution >= 0.6 is 0 Å². The molecule has 0 atom stereocenters. The van der Waals surface area contributed by atoms with Gasteiger partial charge >= 0.3 is 0 Å². The van der Waals surface area contributed by atoms with Gasteiger partial charge in [0.2, 0.25) is 0 Å². The van der Waals surface area contributed by atoms with E-state index in [9.17, 15) is 15.0 Å². The van der Waals surface area contributed by atoms with Crippen LogP contribution in [0.5, 0.6) is 11.5 Å².